The van der Waals surface area contributed by atoms with Crippen molar-refractivity contribution in [2.45, 2.75) is 54.9 Å². The first-order valence-electron chi connectivity index (χ1n) is 12.2. The minimum Gasteiger partial charge on any atom is -0.403 e. The maximum atomic E-state index is 12.3. The minimum atomic E-state index is -0.0786. The smallest absolute Gasteiger partial charge is 0.230 e. The van der Waals surface area contributed by atoms with Crippen molar-refractivity contribution in [3.05, 3.63) is 61.3 Å². The number of nitrogens with two attached hydrogens (primary N) is 1. The molecule has 0 aromatic carbocycles. The molecular weight excluding hydrogens is 426 g/mol. The van der Waals surface area contributed by atoms with Crippen LogP contribution in [0.1, 0.15) is 54.9 Å². The predicted octanol–water partition coefficient (Wildman–Crippen LogP) is 4.76. The molecule has 1 amide bonds. The van der Waals surface area contributed by atoms with Gasteiger partial charge in [-0.15, -0.1) is 13.2 Å². The lowest BCUT2D eigenvalue weighted by Crippen LogP contribution is -2.46. The summed E-state index contributed by atoms with van der Waals surface area (Å²) in [7, 11) is 0. The molecule has 0 spiro atoms. The van der Waals surface area contributed by atoms with Crippen LogP contribution in [0.4, 0.5) is 0 Å². The Hall–Kier alpha value is -2.93. The minimum absolute atomic E-state index is 0.0786. The second-order valence-corrected chi connectivity index (χ2v) is 6.34. The van der Waals surface area contributed by atoms with Gasteiger partial charge in [0, 0.05) is 69.9 Å². The summed E-state index contributed by atoms with van der Waals surface area (Å²) in [4.78, 5) is 33.8. The first-order valence-corrected chi connectivity index (χ1v) is 12.2. The van der Waals surface area contributed by atoms with E-state index in [0.717, 1.165) is 38.4 Å². The fraction of sp³-hybridized carbons (Fsp3) is 0.519. The van der Waals surface area contributed by atoms with Crippen LogP contribution in [0.25, 0.3) is 0 Å². The summed E-state index contributed by atoms with van der Waals surface area (Å²) < 4.78 is 0. The zero-order chi connectivity index (χ0) is 26.9. The molecule has 7 heteroatoms. The molecule has 7 nitrogen and oxygen atoms in total. The average Bonchev–Trinajstić information content (AvgIpc) is 2.92. The highest BCUT2D eigenvalue weighted by molar-refractivity contribution is 5.86. The molecule has 0 bridgehead atoms. The van der Waals surface area contributed by atoms with Gasteiger partial charge in [-0.2, -0.15) is 0 Å². The molecule has 1 fully saturated rings. The van der Waals surface area contributed by atoms with Crippen molar-refractivity contribution >= 4 is 18.4 Å². The van der Waals surface area contributed by atoms with Gasteiger partial charge in [-0.3, -0.25) is 24.4 Å². The fourth-order valence-electron chi connectivity index (χ4n) is 2.88. The highest BCUT2D eigenvalue weighted by atomic mass is 16.2. The van der Waals surface area contributed by atoms with E-state index in [1.54, 1.807) is 25.4 Å². The normalized spacial score (nSPS) is 14.3. The van der Waals surface area contributed by atoms with Crippen LogP contribution in [0.3, 0.4) is 0 Å². The molecule has 0 saturated carbocycles. The van der Waals surface area contributed by atoms with E-state index in [2.05, 4.69) is 34.5 Å². The van der Waals surface area contributed by atoms with Gasteiger partial charge in [-0.05, 0) is 19.9 Å². The molecule has 1 rings (SSSR count). The molecule has 2 N–H and O–H groups in total. The van der Waals surface area contributed by atoms with E-state index in [4.69, 9.17) is 5.73 Å². The van der Waals surface area contributed by atoms with Crippen LogP contribution >= 0.6 is 0 Å². The lowest BCUT2D eigenvalue weighted by atomic mass is 10.1. The summed E-state index contributed by atoms with van der Waals surface area (Å²) in [6.07, 6.45) is 9.79. The SMILES string of the molecule is C=C.C=C(C=O)/C(=C/CN1CCN(/C(C=NCC)=C/N)CC1)N(/C=C/C)C(=O)CC.CC.CC. The standard InChI is InChI=1S/C21H33N5O2.2C2H6.C2H4/c1-5-9-26(21(28)6-2)20(18(4)17-27)8-10-24-11-13-25(14-12-24)19(15-22)16-23-7-3;3*1-2/h5,8-9,15-17H,4,6-7,10-14,22H2,1-3H3;2*1-2H3;1-2H2/b9-5+,19-15+,20-8-,23-16?;;;. The quantitative estimate of drug-likeness (QED) is 0.162. The Balaban J connectivity index is -0.00000148. The molecule has 1 saturated heterocycles. The Morgan fingerprint density at radius 1 is 1.09 bits per heavy atom. The number of allylic oxidation sites excluding steroid dienone is 3. The van der Waals surface area contributed by atoms with E-state index in [1.807, 2.05) is 53.8 Å². The third kappa shape index (κ3) is 13.6. The van der Waals surface area contributed by atoms with E-state index in [9.17, 15) is 9.59 Å². The number of carbonyl (C=O) groups is 2. The number of hydrogen-bond acceptors (Lipinski definition) is 6. The zero-order valence-corrected chi connectivity index (χ0v) is 22.7. The molecule has 1 aliphatic rings. The first-order chi connectivity index (χ1) is 16.5. The zero-order valence-electron chi connectivity index (χ0n) is 22.7. The second-order valence-electron chi connectivity index (χ2n) is 6.34. The topological polar surface area (TPSA) is 82.2 Å². The summed E-state index contributed by atoms with van der Waals surface area (Å²) >= 11 is 0. The van der Waals surface area contributed by atoms with E-state index < -0.39 is 0 Å². The number of rotatable bonds is 10. The summed E-state index contributed by atoms with van der Waals surface area (Å²) in [5, 5.41) is 0. The molecule has 0 radical (unpaired) electrons. The molecule has 194 valence electrons. The van der Waals surface area contributed by atoms with Gasteiger partial charge in [-0.25, -0.2) is 0 Å². The van der Waals surface area contributed by atoms with E-state index >= 15 is 0 Å². The maximum Gasteiger partial charge on any atom is 0.230 e. The monoisotopic (exact) mass is 475 g/mol. The molecule has 0 aromatic rings. The highest BCUT2D eigenvalue weighted by Gasteiger charge is 2.19. The van der Waals surface area contributed by atoms with Gasteiger partial charge in [-0.1, -0.05) is 47.3 Å². The van der Waals surface area contributed by atoms with Gasteiger partial charge < -0.3 is 10.6 Å². The van der Waals surface area contributed by atoms with Gasteiger partial charge in [0.05, 0.1) is 11.4 Å². The van der Waals surface area contributed by atoms with Crippen LogP contribution in [0.2, 0.25) is 0 Å². The van der Waals surface area contributed by atoms with Crippen LogP contribution in [0.15, 0.2) is 66.2 Å². The average molecular weight is 476 g/mol. The summed E-state index contributed by atoms with van der Waals surface area (Å²) in [5.74, 6) is -0.0786. The fourth-order valence-corrected chi connectivity index (χ4v) is 2.88. The van der Waals surface area contributed by atoms with Gasteiger partial charge in [0.15, 0.2) is 6.29 Å². The molecule has 0 aliphatic carbocycles. The predicted molar refractivity (Wildman–Crippen MR) is 149 cm³/mol. The van der Waals surface area contributed by atoms with E-state index in [1.165, 1.54) is 4.90 Å². The lowest BCUT2D eigenvalue weighted by molar-refractivity contribution is -0.126. The van der Waals surface area contributed by atoms with Crippen molar-refractivity contribution in [2.24, 2.45) is 10.7 Å². The molecular formula is C27H49N5O2. The molecule has 1 aliphatic heterocycles. The van der Waals surface area contributed by atoms with Crippen molar-refractivity contribution in [3.8, 4) is 0 Å². The number of aliphatic imine (C=N–C) groups is 1. The highest BCUT2D eigenvalue weighted by Crippen LogP contribution is 2.16. The molecule has 0 unspecified atom stereocenters. The summed E-state index contributed by atoms with van der Waals surface area (Å²) in [6, 6.07) is 0. The Bertz CT molecular complexity index is 673. The van der Waals surface area contributed by atoms with Crippen LogP contribution in [0.5, 0.6) is 0 Å². The largest absolute Gasteiger partial charge is 0.403 e. The summed E-state index contributed by atoms with van der Waals surface area (Å²) in [5.41, 5.74) is 7.49. The molecule has 0 aromatic heterocycles. The van der Waals surface area contributed by atoms with E-state index in [0.29, 0.717) is 30.5 Å². The second kappa shape index (κ2) is 24.7. The number of aldehydes is 1. The van der Waals surface area contributed by atoms with Crippen LogP contribution in [-0.2, 0) is 9.59 Å². The first kappa shape index (κ1) is 35.7. The Morgan fingerprint density at radius 3 is 2.06 bits per heavy atom. The van der Waals surface area contributed by atoms with Crippen molar-refractivity contribution in [2.75, 3.05) is 39.3 Å². The van der Waals surface area contributed by atoms with Crippen molar-refractivity contribution in [1.82, 2.24) is 14.7 Å². The van der Waals surface area contributed by atoms with Gasteiger partial charge in [0.2, 0.25) is 5.91 Å². The number of amides is 1. The Kier molecular flexibility index (Phi) is 25.9. The third-order valence-electron chi connectivity index (χ3n) is 4.46. The van der Waals surface area contributed by atoms with Gasteiger partial charge in [0.1, 0.15) is 0 Å². The number of piperazine rings is 1. The van der Waals surface area contributed by atoms with Crippen LogP contribution < -0.4 is 5.73 Å². The maximum absolute atomic E-state index is 12.3. The van der Waals surface area contributed by atoms with Crippen molar-refractivity contribution in [1.29, 1.82) is 0 Å². The molecule has 0 atom stereocenters. The molecule has 1 heterocycles. The Labute approximate surface area is 209 Å². The number of nitrogens with zero attached hydrogens (tertiary/aromatic N) is 4. The molecule has 34 heavy (non-hydrogen) atoms. The van der Waals surface area contributed by atoms with Gasteiger partial charge in [0.25, 0.3) is 0 Å². The van der Waals surface area contributed by atoms with Crippen LogP contribution in [0, 0.1) is 0 Å². The van der Waals surface area contributed by atoms with E-state index in [-0.39, 0.29) is 5.91 Å². The van der Waals surface area contributed by atoms with Crippen molar-refractivity contribution < 1.29 is 9.59 Å². The van der Waals surface area contributed by atoms with Crippen molar-refractivity contribution in [3.63, 3.8) is 0 Å². The van der Waals surface area contributed by atoms with Crippen LogP contribution in [-0.4, -0.2) is 72.4 Å². The number of carbonyl (C=O) groups excluding carboxylic acids is 2. The van der Waals surface area contributed by atoms with Gasteiger partial charge >= 0.3 is 0 Å². The summed E-state index contributed by atoms with van der Waals surface area (Å²) in [6.45, 7) is 28.1. The lowest BCUT2D eigenvalue weighted by Gasteiger charge is -2.36. The third-order valence-corrected chi connectivity index (χ3v) is 4.46. The Morgan fingerprint density at radius 2 is 1.65 bits per heavy atom. The number of hydrogen-bond donors (Lipinski definition) is 1.